The van der Waals surface area contributed by atoms with E-state index in [0.29, 0.717) is 17.5 Å². The topological polar surface area (TPSA) is 96.3 Å². The first kappa shape index (κ1) is 25.2. The molecule has 0 fully saturated rings. The zero-order valence-corrected chi connectivity index (χ0v) is 21.9. The van der Waals surface area contributed by atoms with Crippen molar-refractivity contribution in [1.29, 1.82) is 0 Å². The van der Waals surface area contributed by atoms with Crippen LogP contribution in [0.2, 0.25) is 0 Å². The molecule has 1 aliphatic heterocycles. The number of hydrogen-bond donors (Lipinski definition) is 2. The Balaban J connectivity index is 1.57. The van der Waals surface area contributed by atoms with Crippen molar-refractivity contribution in [3.63, 3.8) is 0 Å². The Morgan fingerprint density at radius 1 is 1.00 bits per heavy atom. The fourth-order valence-corrected chi connectivity index (χ4v) is 5.41. The van der Waals surface area contributed by atoms with Crippen LogP contribution in [-0.4, -0.2) is 38.2 Å². The Labute approximate surface area is 221 Å². The van der Waals surface area contributed by atoms with Crippen molar-refractivity contribution in [2.24, 2.45) is 13.0 Å². The van der Waals surface area contributed by atoms with Crippen molar-refractivity contribution in [3.05, 3.63) is 101 Å². The summed E-state index contributed by atoms with van der Waals surface area (Å²) in [6, 6.07) is 17.7. The van der Waals surface area contributed by atoms with Gasteiger partial charge in [0.2, 0.25) is 0 Å². The number of carbonyl (C=O) groups is 3. The smallest absolute Gasteiger partial charge is 0.271 e. The molecule has 0 spiro atoms. The van der Waals surface area contributed by atoms with Crippen molar-refractivity contribution in [2.75, 3.05) is 0 Å². The molecule has 0 bridgehead atoms. The van der Waals surface area contributed by atoms with Crippen molar-refractivity contribution < 1.29 is 14.4 Å². The maximum absolute atomic E-state index is 14.0. The number of aryl methyl sites for hydroxylation is 1. The molecule has 8 nitrogen and oxygen atoms in total. The number of carbonyl (C=O) groups excluding carboxylic acids is 3. The highest BCUT2D eigenvalue weighted by molar-refractivity contribution is 6.04. The van der Waals surface area contributed by atoms with Gasteiger partial charge >= 0.3 is 0 Å². The molecule has 1 aliphatic rings. The number of fused-ring (bicyclic) bond motifs is 2. The van der Waals surface area contributed by atoms with Gasteiger partial charge in [0.05, 0.1) is 11.6 Å². The minimum Gasteiger partial charge on any atom is -0.348 e. The summed E-state index contributed by atoms with van der Waals surface area (Å²) in [5.41, 5.74) is 9.94. The SMILES string of the molecule is Cc1c(C2c3ccccc3C(=O)N2C(CC(C)C)C(=O)NNC(=O)c2cccnc2)c2ccccc2n1C. The van der Waals surface area contributed by atoms with Crippen LogP contribution in [0.15, 0.2) is 73.1 Å². The van der Waals surface area contributed by atoms with Gasteiger partial charge in [-0.1, -0.05) is 50.2 Å². The van der Waals surface area contributed by atoms with E-state index in [2.05, 4.69) is 32.5 Å². The Morgan fingerprint density at radius 2 is 1.74 bits per heavy atom. The van der Waals surface area contributed by atoms with Gasteiger partial charge in [-0.2, -0.15) is 0 Å². The quantitative estimate of drug-likeness (QED) is 0.379. The molecular formula is C30H31N5O3. The molecule has 4 aromatic rings. The number of para-hydroxylation sites is 1. The van der Waals surface area contributed by atoms with Crippen LogP contribution in [-0.2, 0) is 11.8 Å². The minimum absolute atomic E-state index is 0.116. The van der Waals surface area contributed by atoms with E-state index in [4.69, 9.17) is 0 Å². The van der Waals surface area contributed by atoms with Gasteiger partial charge in [0.1, 0.15) is 6.04 Å². The van der Waals surface area contributed by atoms with Gasteiger partial charge in [-0.3, -0.25) is 30.2 Å². The Bertz CT molecular complexity index is 1530. The average Bonchev–Trinajstić information content (AvgIpc) is 3.35. The van der Waals surface area contributed by atoms with Crippen LogP contribution < -0.4 is 10.9 Å². The lowest BCUT2D eigenvalue weighted by Gasteiger charge is -2.34. The molecule has 0 aliphatic carbocycles. The standard InChI is InChI=1S/C30H31N5O3/c1-18(2)16-25(29(37)33-32-28(36)20-10-9-15-31-17-20)35-27(21-11-5-6-12-22(21)30(35)38)26-19(3)34(4)24-14-8-7-13-23(24)26/h5-15,17-18,25,27H,16H2,1-4H3,(H,32,36)(H,33,37). The van der Waals surface area contributed by atoms with Crippen LogP contribution in [0.25, 0.3) is 10.9 Å². The van der Waals surface area contributed by atoms with Gasteiger partial charge in [0.25, 0.3) is 17.7 Å². The predicted octanol–water partition coefficient (Wildman–Crippen LogP) is 4.30. The highest BCUT2D eigenvalue weighted by Crippen LogP contribution is 2.45. The molecule has 3 amide bonds. The summed E-state index contributed by atoms with van der Waals surface area (Å²) >= 11 is 0. The molecule has 2 N–H and O–H groups in total. The number of pyridine rings is 1. The lowest BCUT2D eigenvalue weighted by Crippen LogP contribution is -2.54. The van der Waals surface area contributed by atoms with Crippen LogP contribution >= 0.6 is 0 Å². The molecule has 0 saturated carbocycles. The molecule has 38 heavy (non-hydrogen) atoms. The fourth-order valence-electron chi connectivity index (χ4n) is 5.41. The first-order chi connectivity index (χ1) is 18.3. The minimum atomic E-state index is -0.813. The van der Waals surface area contributed by atoms with Gasteiger partial charge in [-0.15, -0.1) is 0 Å². The van der Waals surface area contributed by atoms with E-state index in [9.17, 15) is 14.4 Å². The van der Waals surface area contributed by atoms with Crippen LogP contribution in [0.3, 0.4) is 0 Å². The molecule has 2 atom stereocenters. The van der Waals surface area contributed by atoms with Crippen LogP contribution in [0.1, 0.15) is 63.8 Å². The number of nitrogens with zero attached hydrogens (tertiary/aromatic N) is 3. The maximum Gasteiger partial charge on any atom is 0.271 e. The third-order valence-electron chi connectivity index (χ3n) is 7.28. The monoisotopic (exact) mass is 509 g/mol. The largest absolute Gasteiger partial charge is 0.348 e. The summed E-state index contributed by atoms with van der Waals surface area (Å²) in [6.45, 7) is 6.07. The molecule has 2 unspecified atom stereocenters. The van der Waals surface area contributed by atoms with Gasteiger partial charge < -0.3 is 9.47 Å². The van der Waals surface area contributed by atoms with Crippen LogP contribution in [0, 0.1) is 12.8 Å². The molecule has 2 aromatic carbocycles. The van der Waals surface area contributed by atoms with Crippen molar-refractivity contribution >= 4 is 28.6 Å². The molecular weight excluding hydrogens is 478 g/mol. The van der Waals surface area contributed by atoms with Crippen molar-refractivity contribution in [1.82, 2.24) is 25.3 Å². The first-order valence-corrected chi connectivity index (χ1v) is 12.7. The Morgan fingerprint density at radius 3 is 2.47 bits per heavy atom. The first-order valence-electron chi connectivity index (χ1n) is 12.7. The normalized spacial score (nSPS) is 15.6. The Hall–Kier alpha value is -4.46. The second kappa shape index (κ2) is 10.1. The number of hydrazine groups is 1. The van der Waals surface area contributed by atoms with E-state index in [1.807, 2.05) is 64.2 Å². The van der Waals surface area contributed by atoms with Crippen molar-refractivity contribution in [2.45, 2.75) is 39.3 Å². The second-order valence-corrected chi connectivity index (χ2v) is 10.1. The fraction of sp³-hybridized carbons (Fsp3) is 0.267. The summed E-state index contributed by atoms with van der Waals surface area (Å²) in [4.78, 5) is 45.9. The van der Waals surface area contributed by atoms with Gasteiger partial charge in [0, 0.05) is 47.2 Å². The summed E-state index contributed by atoms with van der Waals surface area (Å²) in [6.07, 6.45) is 3.42. The van der Waals surface area contributed by atoms with Gasteiger partial charge in [0.15, 0.2) is 0 Å². The molecule has 3 heterocycles. The molecule has 2 aromatic heterocycles. The summed E-state index contributed by atoms with van der Waals surface area (Å²) in [5.74, 6) is -1.00. The van der Waals surface area contributed by atoms with Gasteiger partial charge in [-0.25, -0.2) is 0 Å². The third kappa shape index (κ3) is 4.32. The van der Waals surface area contributed by atoms with E-state index < -0.39 is 23.9 Å². The number of hydrogen-bond acceptors (Lipinski definition) is 4. The molecule has 0 saturated heterocycles. The van der Waals surface area contributed by atoms with Crippen molar-refractivity contribution in [3.8, 4) is 0 Å². The molecule has 0 radical (unpaired) electrons. The van der Waals surface area contributed by atoms with E-state index >= 15 is 0 Å². The number of rotatable bonds is 6. The predicted molar refractivity (Wildman–Crippen MR) is 145 cm³/mol. The highest BCUT2D eigenvalue weighted by atomic mass is 16.2. The zero-order chi connectivity index (χ0) is 27.0. The van der Waals surface area contributed by atoms with Gasteiger partial charge in [-0.05, 0) is 49.1 Å². The molecule has 8 heteroatoms. The summed E-state index contributed by atoms with van der Waals surface area (Å²) < 4.78 is 2.12. The van der Waals surface area contributed by atoms with E-state index in [1.54, 1.807) is 23.2 Å². The van der Waals surface area contributed by atoms with E-state index in [1.165, 1.54) is 6.20 Å². The van der Waals surface area contributed by atoms with E-state index in [0.717, 1.165) is 27.7 Å². The molecule has 5 rings (SSSR count). The summed E-state index contributed by atoms with van der Waals surface area (Å²) in [5, 5.41) is 1.04. The van der Waals surface area contributed by atoms with Crippen LogP contribution in [0.4, 0.5) is 0 Å². The number of benzene rings is 2. The highest BCUT2D eigenvalue weighted by Gasteiger charge is 2.45. The lowest BCUT2D eigenvalue weighted by atomic mass is 9.93. The molecule has 194 valence electrons. The summed E-state index contributed by atoms with van der Waals surface area (Å²) in [7, 11) is 2.01. The van der Waals surface area contributed by atoms with E-state index in [-0.39, 0.29) is 11.8 Å². The number of nitrogens with one attached hydrogen (secondary N) is 2. The number of amides is 3. The zero-order valence-electron chi connectivity index (χ0n) is 21.9. The lowest BCUT2D eigenvalue weighted by molar-refractivity contribution is -0.127. The number of aromatic nitrogens is 2. The Kier molecular flexibility index (Phi) is 6.72. The van der Waals surface area contributed by atoms with Crippen LogP contribution in [0.5, 0.6) is 0 Å². The maximum atomic E-state index is 14.0. The third-order valence-corrected chi connectivity index (χ3v) is 7.28. The average molecular weight is 510 g/mol. The second-order valence-electron chi connectivity index (χ2n) is 10.1.